The van der Waals surface area contributed by atoms with Crippen molar-refractivity contribution in [3.8, 4) is 5.75 Å². The van der Waals surface area contributed by atoms with Crippen LogP contribution in [0, 0.1) is 0 Å². The molecule has 0 radical (unpaired) electrons. The van der Waals surface area contributed by atoms with E-state index in [2.05, 4.69) is 10.3 Å². The summed E-state index contributed by atoms with van der Waals surface area (Å²) in [5.41, 5.74) is 0.932. The van der Waals surface area contributed by atoms with Crippen molar-refractivity contribution in [1.82, 2.24) is 9.29 Å². The van der Waals surface area contributed by atoms with Gasteiger partial charge in [0.2, 0.25) is 5.91 Å². The molecule has 1 fully saturated rings. The maximum atomic E-state index is 13.6. The van der Waals surface area contributed by atoms with Crippen molar-refractivity contribution < 1.29 is 22.7 Å². The molecule has 1 aromatic carbocycles. The molecular weight excluding hydrogens is 456 g/mol. The van der Waals surface area contributed by atoms with Gasteiger partial charge in [-0.25, -0.2) is 10.1 Å². The number of nitrogens with two attached hydrogens (primary N) is 1. The highest BCUT2D eigenvalue weighted by Gasteiger charge is 2.54. The van der Waals surface area contributed by atoms with E-state index in [1.54, 1.807) is 7.11 Å². The molecule has 1 aliphatic heterocycles. The molecule has 0 aliphatic carbocycles. The van der Waals surface area contributed by atoms with Gasteiger partial charge in [-0.2, -0.15) is 12.7 Å². The Morgan fingerprint density at radius 3 is 2.62 bits per heavy atom. The highest BCUT2D eigenvalue weighted by molar-refractivity contribution is 7.86. The van der Waals surface area contributed by atoms with Gasteiger partial charge in [-0.1, -0.05) is 49.7 Å². The Hall–Kier alpha value is -2.24. The number of halogens is 1. The zero-order valence-electron chi connectivity index (χ0n) is 18.2. The van der Waals surface area contributed by atoms with Crippen LogP contribution >= 0.6 is 11.6 Å². The van der Waals surface area contributed by atoms with E-state index in [0.29, 0.717) is 18.0 Å². The molecule has 0 saturated carbocycles. The van der Waals surface area contributed by atoms with E-state index < -0.39 is 15.6 Å². The number of nitrogens with zero attached hydrogens (tertiary/aromatic N) is 2. The number of aromatic nitrogens is 1. The minimum Gasteiger partial charge on any atom is -0.489 e. The molecule has 2 heterocycles. The van der Waals surface area contributed by atoms with Gasteiger partial charge in [0.1, 0.15) is 28.6 Å². The first-order valence-corrected chi connectivity index (χ1v) is 11.9. The van der Waals surface area contributed by atoms with E-state index in [1.165, 1.54) is 12.3 Å². The minimum atomic E-state index is -3.93. The van der Waals surface area contributed by atoms with Gasteiger partial charge < -0.3 is 14.8 Å². The first-order valence-electron chi connectivity index (χ1n) is 10.0. The van der Waals surface area contributed by atoms with E-state index in [4.69, 9.17) is 26.2 Å². The molecule has 0 atom stereocenters. The number of ether oxygens (including phenoxy) is 2. The van der Waals surface area contributed by atoms with Gasteiger partial charge in [0.15, 0.2) is 0 Å². The fraction of sp³-hybridized carbons (Fsp3) is 0.429. The standard InChI is InChI=1S/C21H27ClN4O5S/c1-14(2)15-6-4-5-7-16(15)21(12-26(13-21)32(23,28)29)20(27)25-17-11-24-19(22)10-18(17)31-9-8-30-3/h4-7,10-11,14H,8-9,12-13H2,1-3H3,(H,25,27)(H2,23,28,29). The number of amides is 1. The molecule has 1 aromatic heterocycles. The Labute approximate surface area is 193 Å². The maximum Gasteiger partial charge on any atom is 0.276 e. The van der Waals surface area contributed by atoms with Crippen LogP contribution in [0.2, 0.25) is 5.15 Å². The number of anilines is 1. The Kier molecular flexibility index (Phi) is 7.41. The molecule has 32 heavy (non-hydrogen) atoms. The second kappa shape index (κ2) is 9.72. The van der Waals surface area contributed by atoms with Gasteiger partial charge in [0.25, 0.3) is 10.2 Å². The number of benzene rings is 1. The lowest BCUT2D eigenvalue weighted by molar-refractivity contribution is -0.125. The molecule has 3 N–H and O–H groups in total. The maximum absolute atomic E-state index is 13.6. The summed E-state index contributed by atoms with van der Waals surface area (Å²) in [7, 11) is -2.38. The molecule has 0 unspecified atom stereocenters. The van der Waals surface area contributed by atoms with E-state index in [-0.39, 0.29) is 36.7 Å². The van der Waals surface area contributed by atoms with Crippen molar-refractivity contribution in [1.29, 1.82) is 0 Å². The van der Waals surface area contributed by atoms with Gasteiger partial charge in [0.05, 0.1) is 12.8 Å². The van der Waals surface area contributed by atoms with Crippen LogP contribution in [0.5, 0.6) is 5.75 Å². The van der Waals surface area contributed by atoms with Crippen LogP contribution in [0.25, 0.3) is 0 Å². The van der Waals surface area contributed by atoms with Crippen molar-refractivity contribution in [2.75, 3.05) is 38.7 Å². The third-order valence-electron chi connectivity index (χ3n) is 5.41. The average molecular weight is 483 g/mol. The number of hydrogen-bond acceptors (Lipinski definition) is 6. The fourth-order valence-electron chi connectivity index (χ4n) is 3.71. The second-order valence-corrected chi connectivity index (χ2v) is 9.87. The summed E-state index contributed by atoms with van der Waals surface area (Å²) < 4.78 is 35.5. The Morgan fingerprint density at radius 1 is 1.31 bits per heavy atom. The fourth-order valence-corrected chi connectivity index (χ4v) is 4.66. The monoisotopic (exact) mass is 482 g/mol. The lowest BCUT2D eigenvalue weighted by atomic mass is 9.71. The number of hydrogen-bond donors (Lipinski definition) is 2. The topological polar surface area (TPSA) is 124 Å². The summed E-state index contributed by atoms with van der Waals surface area (Å²) in [6.45, 7) is 4.50. The number of carbonyl (C=O) groups is 1. The van der Waals surface area contributed by atoms with Crippen molar-refractivity contribution in [2.45, 2.75) is 25.2 Å². The SMILES string of the molecule is COCCOc1cc(Cl)ncc1NC(=O)C1(c2ccccc2C(C)C)CN(S(N)(=O)=O)C1. The van der Waals surface area contributed by atoms with E-state index >= 15 is 0 Å². The van der Waals surface area contributed by atoms with Crippen LogP contribution in [0.15, 0.2) is 36.5 Å². The smallest absolute Gasteiger partial charge is 0.276 e. The van der Waals surface area contributed by atoms with E-state index in [0.717, 1.165) is 15.4 Å². The van der Waals surface area contributed by atoms with Gasteiger partial charge >= 0.3 is 0 Å². The van der Waals surface area contributed by atoms with Gasteiger partial charge in [-0.05, 0) is 17.0 Å². The molecule has 1 aliphatic rings. The first-order chi connectivity index (χ1) is 15.1. The molecule has 0 bridgehead atoms. The van der Waals surface area contributed by atoms with Crippen molar-refractivity contribution in [2.24, 2.45) is 5.14 Å². The number of pyridine rings is 1. The summed E-state index contributed by atoms with van der Waals surface area (Å²) in [6.07, 6.45) is 1.40. The number of carbonyl (C=O) groups excluding carboxylic acids is 1. The molecule has 2 aromatic rings. The third kappa shape index (κ3) is 5.05. The van der Waals surface area contributed by atoms with Crippen molar-refractivity contribution >= 4 is 33.4 Å². The van der Waals surface area contributed by atoms with Crippen molar-refractivity contribution in [3.05, 3.63) is 52.8 Å². The lowest BCUT2D eigenvalue weighted by Crippen LogP contribution is -2.67. The summed E-state index contributed by atoms with van der Waals surface area (Å²) in [6, 6.07) is 9.02. The van der Waals surface area contributed by atoms with Crippen molar-refractivity contribution in [3.63, 3.8) is 0 Å². The molecule has 0 spiro atoms. The lowest BCUT2D eigenvalue weighted by Gasteiger charge is -2.48. The van der Waals surface area contributed by atoms with E-state index in [9.17, 15) is 13.2 Å². The van der Waals surface area contributed by atoms with Gasteiger partial charge in [-0.3, -0.25) is 4.79 Å². The van der Waals surface area contributed by atoms with Gasteiger partial charge in [0, 0.05) is 26.3 Å². The molecule has 11 heteroatoms. The third-order valence-corrected chi connectivity index (χ3v) is 6.60. The highest BCUT2D eigenvalue weighted by atomic mass is 35.5. The number of methoxy groups -OCH3 is 1. The predicted octanol–water partition coefficient (Wildman–Crippen LogP) is 2.28. The molecule has 3 rings (SSSR count). The average Bonchev–Trinajstić information content (AvgIpc) is 2.68. The van der Waals surface area contributed by atoms with Gasteiger partial charge in [-0.15, -0.1) is 0 Å². The number of nitrogens with one attached hydrogen (secondary N) is 1. The normalized spacial score (nSPS) is 15.9. The Bertz CT molecular complexity index is 1090. The van der Waals surface area contributed by atoms with Crippen LogP contribution in [-0.2, 0) is 25.2 Å². The summed E-state index contributed by atoms with van der Waals surface area (Å²) >= 11 is 5.99. The molecule has 9 nitrogen and oxygen atoms in total. The van der Waals surface area contributed by atoms with Crippen LogP contribution < -0.4 is 15.2 Å². The van der Waals surface area contributed by atoms with Crippen LogP contribution in [0.3, 0.4) is 0 Å². The largest absolute Gasteiger partial charge is 0.489 e. The second-order valence-electron chi connectivity index (χ2n) is 7.94. The predicted molar refractivity (Wildman–Crippen MR) is 122 cm³/mol. The molecule has 1 amide bonds. The van der Waals surface area contributed by atoms with Crippen LogP contribution in [0.1, 0.15) is 30.9 Å². The van der Waals surface area contributed by atoms with Crippen LogP contribution in [0.4, 0.5) is 5.69 Å². The molecule has 174 valence electrons. The Morgan fingerprint density at radius 2 is 2.00 bits per heavy atom. The summed E-state index contributed by atoms with van der Waals surface area (Å²) in [4.78, 5) is 17.7. The number of rotatable bonds is 9. The van der Waals surface area contributed by atoms with Crippen LogP contribution in [-0.4, -0.2) is 57.0 Å². The summed E-state index contributed by atoms with van der Waals surface area (Å²) in [5.74, 6) is 0.0843. The first kappa shape index (κ1) is 24.4. The highest BCUT2D eigenvalue weighted by Crippen LogP contribution is 2.41. The zero-order chi connectivity index (χ0) is 23.5. The molecule has 1 saturated heterocycles. The Balaban J connectivity index is 1.97. The van der Waals surface area contributed by atoms with E-state index in [1.807, 2.05) is 38.1 Å². The quantitative estimate of drug-likeness (QED) is 0.417. The summed E-state index contributed by atoms with van der Waals surface area (Å²) in [5, 5.41) is 8.37. The minimum absolute atomic E-state index is 0.0672. The molecular formula is C21H27ClN4O5S. The zero-order valence-corrected chi connectivity index (χ0v) is 19.7.